The number of aromatic nitrogens is 2. The molecule has 4 heterocycles. The van der Waals surface area contributed by atoms with Crippen molar-refractivity contribution in [2.24, 2.45) is 0 Å². The molecule has 9 nitrogen and oxygen atoms in total. The van der Waals surface area contributed by atoms with Crippen LogP contribution in [-0.2, 0) is 15.7 Å². The zero-order valence-electron chi connectivity index (χ0n) is 18.5. The summed E-state index contributed by atoms with van der Waals surface area (Å²) in [7, 11) is 0. The summed E-state index contributed by atoms with van der Waals surface area (Å²) in [6.45, 7) is 3.91. The number of nitrogens with zero attached hydrogens (tertiary/aromatic N) is 4. The van der Waals surface area contributed by atoms with Gasteiger partial charge in [0.2, 0.25) is 5.89 Å². The Balaban J connectivity index is 1.36. The first-order valence-corrected chi connectivity index (χ1v) is 11.3. The molecule has 1 aromatic carbocycles. The number of ether oxygens (including phenoxy) is 2. The van der Waals surface area contributed by atoms with Gasteiger partial charge in [-0.25, -0.2) is 4.79 Å². The van der Waals surface area contributed by atoms with Crippen LogP contribution in [0.4, 0.5) is 23.9 Å². The summed E-state index contributed by atoms with van der Waals surface area (Å²) in [6.07, 6.45) is -3.82. The van der Waals surface area contributed by atoms with Crippen LogP contribution in [0.2, 0.25) is 0 Å². The van der Waals surface area contributed by atoms with Gasteiger partial charge in [-0.1, -0.05) is 12.1 Å². The minimum absolute atomic E-state index is 0.116. The standard InChI is InChI=1S/C22H26F3N5O4/c23-22(24,25)17-3-1-14(2-4-17)15-9-16(19-27-20(28-34-19)26-18-12-33-13-18)11-30(10-15)21(31)29-5-7-32-8-6-29/h1-4,15-16,18H,5-13H2,(H,26,28). The topological polar surface area (TPSA) is 93.0 Å². The molecule has 1 N–H and O–H groups in total. The highest BCUT2D eigenvalue weighted by atomic mass is 19.4. The van der Waals surface area contributed by atoms with Crippen LogP contribution in [0.5, 0.6) is 0 Å². The second-order valence-electron chi connectivity index (χ2n) is 8.87. The van der Waals surface area contributed by atoms with E-state index in [9.17, 15) is 18.0 Å². The monoisotopic (exact) mass is 481 g/mol. The van der Waals surface area contributed by atoms with Gasteiger partial charge in [0.15, 0.2) is 0 Å². The number of halogens is 3. The number of urea groups is 1. The summed E-state index contributed by atoms with van der Waals surface area (Å²) >= 11 is 0. The molecular weight excluding hydrogens is 455 g/mol. The van der Waals surface area contributed by atoms with Crippen molar-refractivity contribution in [2.45, 2.75) is 30.5 Å². The fourth-order valence-electron chi connectivity index (χ4n) is 4.54. The minimum Gasteiger partial charge on any atom is -0.378 e. The molecule has 3 saturated heterocycles. The number of hydrogen-bond donors (Lipinski definition) is 1. The fraction of sp³-hybridized carbons (Fsp3) is 0.591. The summed E-state index contributed by atoms with van der Waals surface area (Å²) in [5, 5.41) is 7.14. The molecule has 184 valence electrons. The number of piperidine rings is 1. The SMILES string of the molecule is O=C(N1CCOCC1)N1CC(c2ccc(C(F)(F)F)cc2)CC(c2nc(NC3COC3)no2)C1. The third-order valence-electron chi connectivity index (χ3n) is 6.47. The quantitative estimate of drug-likeness (QED) is 0.718. The van der Waals surface area contributed by atoms with Gasteiger partial charge in [-0.3, -0.25) is 0 Å². The van der Waals surface area contributed by atoms with E-state index in [4.69, 9.17) is 14.0 Å². The first kappa shape index (κ1) is 22.9. The van der Waals surface area contributed by atoms with Crippen molar-refractivity contribution in [1.29, 1.82) is 0 Å². The smallest absolute Gasteiger partial charge is 0.378 e. The Labute approximate surface area is 194 Å². The molecule has 0 radical (unpaired) electrons. The number of likely N-dealkylation sites (tertiary alicyclic amines) is 1. The molecule has 0 saturated carbocycles. The molecule has 34 heavy (non-hydrogen) atoms. The van der Waals surface area contributed by atoms with Gasteiger partial charge >= 0.3 is 12.2 Å². The van der Waals surface area contributed by atoms with Crippen molar-refractivity contribution in [2.75, 3.05) is 57.9 Å². The van der Waals surface area contributed by atoms with Crippen LogP contribution >= 0.6 is 0 Å². The lowest BCUT2D eigenvalue weighted by Gasteiger charge is -2.40. The van der Waals surface area contributed by atoms with Gasteiger partial charge in [0, 0.05) is 32.1 Å². The van der Waals surface area contributed by atoms with E-state index in [0.29, 0.717) is 70.9 Å². The molecule has 2 amide bonds. The van der Waals surface area contributed by atoms with Gasteiger partial charge in [0.25, 0.3) is 5.95 Å². The van der Waals surface area contributed by atoms with Gasteiger partial charge < -0.3 is 29.1 Å². The van der Waals surface area contributed by atoms with E-state index in [2.05, 4.69) is 15.5 Å². The second-order valence-corrected chi connectivity index (χ2v) is 8.87. The summed E-state index contributed by atoms with van der Waals surface area (Å²) in [5.74, 6) is 0.353. The van der Waals surface area contributed by atoms with Crippen LogP contribution in [0, 0.1) is 0 Å². The van der Waals surface area contributed by atoms with Gasteiger partial charge in [0.1, 0.15) is 0 Å². The Morgan fingerprint density at radius 2 is 1.71 bits per heavy atom. The highest BCUT2D eigenvalue weighted by Crippen LogP contribution is 2.37. The molecule has 3 aliphatic heterocycles. The predicted molar refractivity (Wildman–Crippen MR) is 113 cm³/mol. The zero-order valence-corrected chi connectivity index (χ0v) is 18.5. The first-order chi connectivity index (χ1) is 16.4. The molecule has 0 spiro atoms. The van der Waals surface area contributed by atoms with E-state index < -0.39 is 11.7 Å². The summed E-state index contributed by atoms with van der Waals surface area (Å²) in [5.41, 5.74) is 0.0411. The molecule has 5 rings (SSSR count). The largest absolute Gasteiger partial charge is 0.416 e. The maximum absolute atomic E-state index is 13.2. The van der Waals surface area contributed by atoms with Gasteiger partial charge in [-0.05, 0) is 29.3 Å². The Morgan fingerprint density at radius 1 is 1.00 bits per heavy atom. The number of amides is 2. The predicted octanol–water partition coefficient (Wildman–Crippen LogP) is 2.92. The summed E-state index contributed by atoms with van der Waals surface area (Å²) < 4.78 is 55.1. The summed E-state index contributed by atoms with van der Waals surface area (Å²) in [6, 6.07) is 5.17. The van der Waals surface area contributed by atoms with Crippen LogP contribution in [-0.4, -0.2) is 84.6 Å². The van der Waals surface area contributed by atoms with E-state index in [1.165, 1.54) is 12.1 Å². The van der Waals surface area contributed by atoms with Crippen molar-refractivity contribution in [3.05, 3.63) is 41.3 Å². The number of alkyl halides is 3. The number of carbonyl (C=O) groups is 1. The van der Waals surface area contributed by atoms with Gasteiger partial charge in [-0.2, -0.15) is 18.2 Å². The second kappa shape index (κ2) is 9.41. The van der Waals surface area contributed by atoms with Crippen LogP contribution in [0.25, 0.3) is 0 Å². The molecule has 12 heteroatoms. The highest BCUT2D eigenvalue weighted by Gasteiger charge is 2.37. The van der Waals surface area contributed by atoms with Crippen LogP contribution in [0.3, 0.4) is 0 Å². The Hall–Kier alpha value is -2.86. The highest BCUT2D eigenvalue weighted by molar-refractivity contribution is 5.75. The normalized spacial score (nSPS) is 24.1. The van der Waals surface area contributed by atoms with Gasteiger partial charge in [0.05, 0.1) is 44.0 Å². The molecule has 2 aromatic rings. The molecule has 3 fully saturated rings. The molecule has 2 unspecified atom stereocenters. The van der Waals surface area contributed by atoms with E-state index in [1.807, 2.05) is 0 Å². The number of benzene rings is 1. The molecule has 2 atom stereocenters. The van der Waals surface area contributed by atoms with Crippen molar-refractivity contribution in [1.82, 2.24) is 19.9 Å². The number of anilines is 1. The van der Waals surface area contributed by atoms with Crippen LogP contribution in [0.15, 0.2) is 28.8 Å². The third kappa shape index (κ3) is 4.97. The van der Waals surface area contributed by atoms with E-state index in [0.717, 1.165) is 17.7 Å². The Morgan fingerprint density at radius 3 is 2.35 bits per heavy atom. The van der Waals surface area contributed by atoms with Crippen molar-refractivity contribution in [3.63, 3.8) is 0 Å². The summed E-state index contributed by atoms with van der Waals surface area (Å²) in [4.78, 5) is 21.2. The molecular formula is C22H26F3N5O4. The lowest BCUT2D eigenvalue weighted by Crippen LogP contribution is -2.52. The van der Waals surface area contributed by atoms with Gasteiger partial charge in [-0.15, -0.1) is 0 Å². The van der Waals surface area contributed by atoms with Crippen molar-refractivity contribution >= 4 is 12.0 Å². The number of morpholine rings is 1. The molecule has 1 aromatic heterocycles. The minimum atomic E-state index is -4.40. The maximum atomic E-state index is 13.2. The average Bonchev–Trinajstić information content (AvgIpc) is 3.30. The van der Waals surface area contributed by atoms with E-state index >= 15 is 0 Å². The Bertz CT molecular complexity index is 989. The van der Waals surface area contributed by atoms with E-state index in [1.54, 1.807) is 9.80 Å². The number of rotatable bonds is 4. The van der Waals surface area contributed by atoms with E-state index in [-0.39, 0.29) is 23.9 Å². The molecule has 3 aliphatic rings. The van der Waals surface area contributed by atoms with Crippen molar-refractivity contribution < 1.29 is 32.0 Å². The molecule has 0 aliphatic carbocycles. The number of hydrogen-bond acceptors (Lipinski definition) is 7. The van der Waals surface area contributed by atoms with Crippen LogP contribution in [0.1, 0.15) is 35.3 Å². The first-order valence-electron chi connectivity index (χ1n) is 11.3. The number of carbonyl (C=O) groups excluding carboxylic acids is 1. The maximum Gasteiger partial charge on any atom is 0.416 e. The zero-order chi connectivity index (χ0) is 23.7. The third-order valence-corrected chi connectivity index (χ3v) is 6.47. The Kier molecular flexibility index (Phi) is 6.34. The lowest BCUT2D eigenvalue weighted by atomic mass is 9.84. The average molecular weight is 481 g/mol. The number of nitrogens with one attached hydrogen (secondary N) is 1. The van der Waals surface area contributed by atoms with Crippen molar-refractivity contribution in [3.8, 4) is 0 Å². The van der Waals surface area contributed by atoms with Crippen LogP contribution < -0.4 is 5.32 Å². The fourth-order valence-corrected chi connectivity index (χ4v) is 4.54. The lowest BCUT2D eigenvalue weighted by molar-refractivity contribution is -0.137. The molecule has 0 bridgehead atoms.